The molecule has 0 aliphatic carbocycles. The summed E-state index contributed by atoms with van der Waals surface area (Å²) in [5.74, 6) is -0.294. The van der Waals surface area contributed by atoms with E-state index in [1.165, 1.54) is 31.0 Å². The van der Waals surface area contributed by atoms with Crippen LogP contribution in [0.25, 0.3) is 0 Å². The van der Waals surface area contributed by atoms with Crippen molar-refractivity contribution >= 4 is 27.5 Å². The summed E-state index contributed by atoms with van der Waals surface area (Å²) >= 11 is 3.26. The molecule has 0 aromatic heterocycles. The summed E-state index contributed by atoms with van der Waals surface area (Å²) in [7, 11) is 0. The molecule has 2 rings (SSSR count). The quantitative estimate of drug-likeness (QED) is 0.650. The van der Waals surface area contributed by atoms with Gasteiger partial charge >= 0.3 is 0 Å². The largest absolute Gasteiger partial charge is 0.348 e. The molecule has 114 valence electrons. The standard InChI is InChI=1S/C14H18BrN3O3/c1-10(9-17-6-2-3-7-17)16-14(19)12-8-11(18(20)21)4-5-13(12)15/h4-5,8,10H,2-3,6-7,9H2,1H3,(H,16,19). The fourth-order valence-corrected chi connectivity index (χ4v) is 2.93. The van der Waals surface area contributed by atoms with Crippen LogP contribution in [-0.4, -0.2) is 41.4 Å². The number of halogens is 1. The van der Waals surface area contributed by atoms with E-state index in [4.69, 9.17) is 0 Å². The minimum atomic E-state index is -0.503. The van der Waals surface area contributed by atoms with Crippen LogP contribution in [0.4, 0.5) is 5.69 Å². The number of nitrogens with one attached hydrogen (secondary N) is 1. The zero-order valence-corrected chi connectivity index (χ0v) is 13.4. The molecule has 1 amide bonds. The van der Waals surface area contributed by atoms with Gasteiger partial charge in [0, 0.05) is 29.2 Å². The van der Waals surface area contributed by atoms with E-state index in [1.807, 2.05) is 6.92 Å². The SMILES string of the molecule is CC(CN1CCCC1)NC(=O)c1cc([N+](=O)[O-])ccc1Br. The minimum Gasteiger partial charge on any atom is -0.348 e. The van der Waals surface area contributed by atoms with E-state index in [0.29, 0.717) is 4.47 Å². The fraction of sp³-hybridized carbons (Fsp3) is 0.500. The Balaban J connectivity index is 2.01. The number of likely N-dealkylation sites (tertiary alicyclic amines) is 1. The lowest BCUT2D eigenvalue weighted by Crippen LogP contribution is -2.41. The Bertz CT molecular complexity index is 544. The van der Waals surface area contributed by atoms with E-state index in [9.17, 15) is 14.9 Å². The van der Waals surface area contributed by atoms with Crippen molar-refractivity contribution in [3.05, 3.63) is 38.3 Å². The van der Waals surface area contributed by atoms with Crippen LogP contribution in [0.3, 0.4) is 0 Å². The molecule has 7 heteroatoms. The third kappa shape index (κ3) is 4.25. The van der Waals surface area contributed by atoms with Crippen molar-refractivity contribution < 1.29 is 9.72 Å². The number of nitrogens with zero attached hydrogens (tertiary/aromatic N) is 2. The number of amides is 1. The number of rotatable bonds is 5. The highest BCUT2D eigenvalue weighted by Crippen LogP contribution is 2.22. The Morgan fingerprint density at radius 2 is 2.14 bits per heavy atom. The van der Waals surface area contributed by atoms with Crippen molar-refractivity contribution in [3.8, 4) is 0 Å². The number of nitro benzene ring substituents is 1. The van der Waals surface area contributed by atoms with E-state index >= 15 is 0 Å². The topological polar surface area (TPSA) is 75.5 Å². The second-order valence-electron chi connectivity index (χ2n) is 5.30. The van der Waals surface area contributed by atoms with Gasteiger partial charge in [0.05, 0.1) is 10.5 Å². The molecule has 6 nitrogen and oxygen atoms in total. The molecule has 1 saturated heterocycles. The fourth-order valence-electron chi connectivity index (χ4n) is 2.50. The van der Waals surface area contributed by atoms with Crippen molar-refractivity contribution in [1.29, 1.82) is 0 Å². The molecule has 1 unspecified atom stereocenters. The molecule has 0 bridgehead atoms. The van der Waals surface area contributed by atoms with Crippen LogP contribution in [0.5, 0.6) is 0 Å². The third-order valence-electron chi connectivity index (χ3n) is 3.51. The van der Waals surface area contributed by atoms with Gasteiger partial charge in [-0.2, -0.15) is 0 Å². The molecular weight excluding hydrogens is 338 g/mol. The second kappa shape index (κ2) is 7.00. The molecular formula is C14H18BrN3O3. The van der Waals surface area contributed by atoms with Gasteiger partial charge < -0.3 is 10.2 Å². The van der Waals surface area contributed by atoms with Gasteiger partial charge in [-0.05, 0) is 54.9 Å². The smallest absolute Gasteiger partial charge is 0.270 e. The molecule has 1 aliphatic heterocycles. The molecule has 0 spiro atoms. The van der Waals surface area contributed by atoms with Gasteiger partial charge in [-0.1, -0.05) is 0 Å². The maximum atomic E-state index is 12.2. The maximum absolute atomic E-state index is 12.2. The highest BCUT2D eigenvalue weighted by atomic mass is 79.9. The van der Waals surface area contributed by atoms with Gasteiger partial charge in [-0.15, -0.1) is 0 Å². The van der Waals surface area contributed by atoms with Crippen LogP contribution < -0.4 is 5.32 Å². The van der Waals surface area contributed by atoms with Gasteiger partial charge in [0.25, 0.3) is 11.6 Å². The number of benzene rings is 1. The van der Waals surface area contributed by atoms with Gasteiger partial charge in [-0.25, -0.2) is 0 Å². The zero-order chi connectivity index (χ0) is 15.4. The average Bonchev–Trinajstić information content (AvgIpc) is 2.91. The summed E-state index contributed by atoms with van der Waals surface area (Å²) in [6.45, 7) is 4.89. The highest BCUT2D eigenvalue weighted by Gasteiger charge is 2.19. The molecule has 1 aliphatic rings. The first kappa shape index (κ1) is 15.9. The highest BCUT2D eigenvalue weighted by molar-refractivity contribution is 9.10. The van der Waals surface area contributed by atoms with Crippen molar-refractivity contribution in [2.24, 2.45) is 0 Å². The van der Waals surface area contributed by atoms with Gasteiger partial charge in [0.15, 0.2) is 0 Å². The first-order valence-corrected chi connectivity index (χ1v) is 7.74. The second-order valence-corrected chi connectivity index (χ2v) is 6.16. The average molecular weight is 356 g/mol. The Kier molecular flexibility index (Phi) is 5.30. The monoisotopic (exact) mass is 355 g/mol. The number of hydrogen-bond acceptors (Lipinski definition) is 4. The minimum absolute atomic E-state index is 0.00163. The lowest BCUT2D eigenvalue weighted by Gasteiger charge is -2.21. The number of carbonyl (C=O) groups excluding carboxylic acids is 1. The summed E-state index contributed by atoms with van der Waals surface area (Å²) in [5.41, 5.74) is 0.202. The number of nitro groups is 1. The van der Waals surface area contributed by atoms with E-state index in [-0.39, 0.29) is 23.2 Å². The zero-order valence-electron chi connectivity index (χ0n) is 11.8. The first-order valence-electron chi connectivity index (χ1n) is 6.94. The Hall–Kier alpha value is -1.47. The van der Waals surface area contributed by atoms with E-state index in [0.717, 1.165) is 19.6 Å². The number of carbonyl (C=O) groups is 1. The molecule has 1 aromatic rings. The maximum Gasteiger partial charge on any atom is 0.270 e. The van der Waals surface area contributed by atoms with Gasteiger partial charge in [-0.3, -0.25) is 14.9 Å². The van der Waals surface area contributed by atoms with E-state index < -0.39 is 4.92 Å². The van der Waals surface area contributed by atoms with E-state index in [2.05, 4.69) is 26.1 Å². The summed E-state index contributed by atoms with van der Waals surface area (Å²) in [6, 6.07) is 4.19. The van der Waals surface area contributed by atoms with Crippen molar-refractivity contribution in [1.82, 2.24) is 10.2 Å². The lowest BCUT2D eigenvalue weighted by atomic mass is 10.1. The van der Waals surface area contributed by atoms with Crippen molar-refractivity contribution in [2.45, 2.75) is 25.8 Å². The molecule has 1 atom stereocenters. The van der Waals surface area contributed by atoms with Crippen molar-refractivity contribution in [3.63, 3.8) is 0 Å². The summed E-state index contributed by atoms with van der Waals surface area (Å²) < 4.78 is 0.555. The normalized spacial score (nSPS) is 16.7. The Morgan fingerprint density at radius 1 is 1.48 bits per heavy atom. The van der Waals surface area contributed by atoms with Gasteiger partial charge in [0.1, 0.15) is 0 Å². The van der Waals surface area contributed by atoms with Crippen LogP contribution in [0.15, 0.2) is 22.7 Å². The molecule has 21 heavy (non-hydrogen) atoms. The van der Waals surface area contributed by atoms with Gasteiger partial charge in [0.2, 0.25) is 0 Å². The van der Waals surface area contributed by atoms with Crippen LogP contribution in [-0.2, 0) is 0 Å². The van der Waals surface area contributed by atoms with Crippen molar-refractivity contribution in [2.75, 3.05) is 19.6 Å². The summed E-state index contributed by atoms with van der Waals surface area (Å²) in [6.07, 6.45) is 2.41. The predicted molar refractivity (Wildman–Crippen MR) is 83.4 cm³/mol. The molecule has 0 saturated carbocycles. The third-order valence-corrected chi connectivity index (χ3v) is 4.21. The lowest BCUT2D eigenvalue weighted by molar-refractivity contribution is -0.384. The molecule has 1 fully saturated rings. The van der Waals surface area contributed by atoms with Crippen LogP contribution in [0, 0.1) is 10.1 Å². The molecule has 1 heterocycles. The number of hydrogen-bond donors (Lipinski definition) is 1. The van der Waals surface area contributed by atoms with E-state index in [1.54, 1.807) is 0 Å². The summed E-state index contributed by atoms with van der Waals surface area (Å²) in [5, 5.41) is 13.7. The molecule has 1 aromatic carbocycles. The van der Waals surface area contributed by atoms with Crippen LogP contribution in [0.2, 0.25) is 0 Å². The molecule has 1 N–H and O–H groups in total. The predicted octanol–water partition coefficient (Wildman–Crippen LogP) is 2.57. The number of non-ortho nitro benzene ring substituents is 1. The van der Waals surface area contributed by atoms with Crippen LogP contribution in [0.1, 0.15) is 30.1 Å². The summed E-state index contributed by atoms with van der Waals surface area (Å²) in [4.78, 5) is 24.8. The van der Waals surface area contributed by atoms with Crippen LogP contribution >= 0.6 is 15.9 Å². The Morgan fingerprint density at radius 3 is 2.76 bits per heavy atom. The Labute approximate surface area is 131 Å². The molecule has 0 radical (unpaired) electrons. The first-order chi connectivity index (χ1) is 9.97.